The van der Waals surface area contributed by atoms with Crippen molar-refractivity contribution < 1.29 is 9.21 Å². The number of aromatic nitrogens is 3. The number of rotatable bonds is 3. The minimum absolute atomic E-state index is 0.233. The average Bonchev–Trinajstić information content (AvgIpc) is 3.01. The summed E-state index contributed by atoms with van der Waals surface area (Å²) in [5.41, 5.74) is 2.40. The van der Waals surface area contributed by atoms with Crippen LogP contribution in [0.15, 0.2) is 35.1 Å². The second-order valence-electron chi connectivity index (χ2n) is 4.15. The topological polar surface area (TPSA) is 83.8 Å². The number of H-pyrrole nitrogens is 1. The molecule has 0 unspecified atom stereocenters. The van der Waals surface area contributed by atoms with Gasteiger partial charge in [-0.15, -0.1) is 0 Å². The normalized spacial score (nSPS) is 10.8. The molecule has 96 valence electrons. The highest BCUT2D eigenvalue weighted by Gasteiger charge is 2.13. The van der Waals surface area contributed by atoms with Crippen molar-refractivity contribution in [1.29, 1.82) is 0 Å². The fourth-order valence-electron chi connectivity index (χ4n) is 1.85. The Morgan fingerprint density at radius 1 is 1.42 bits per heavy atom. The molecule has 1 aromatic carbocycles. The molecule has 2 aromatic heterocycles. The summed E-state index contributed by atoms with van der Waals surface area (Å²) in [5.74, 6) is 0.637. The number of imidazole rings is 1. The Kier molecular flexibility index (Phi) is 2.75. The molecule has 0 bridgehead atoms. The zero-order valence-electron chi connectivity index (χ0n) is 10.3. The van der Waals surface area contributed by atoms with E-state index < -0.39 is 0 Å². The standard InChI is InChI=1S/C13H12N4O2/c1-8-12(19-7-15-8)13(18)14-6-11-16-9-4-2-3-5-10(9)17-11/h2-5,7H,6H2,1H3,(H,14,18)(H,16,17). The van der Waals surface area contributed by atoms with E-state index in [0.717, 1.165) is 11.0 Å². The summed E-state index contributed by atoms with van der Waals surface area (Å²) in [5, 5.41) is 2.74. The Bertz CT molecular complexity index is 696. The second-order valence-corrected chi connectivity index (χ2v) is 4.15. The number of nitrogens with one attached hydrogen (secondary N) is 2. The van der Waals surface area contributed by atoms with Crippen LogP contribution in [-0.4, -0.2) is 20.9 Å². The van der Waals surface area contributed by atoms with Gasteiger partial charge in [-0.3, -0.25) is 4.79 Å². The summed E-state index contributed by atoms with van der Waals surface area (Å²) in [7, 11) is 0. The first-order valence-electron chi connectivity index (χ1n) is 5.86. The molecule has 2 heterocycles. The number of nitrogens with zero attached hydrogens (tertiary/aromatic N) is 2. The third kappa shape index (κ3) is 2.20. The highest BCUT2D eigenvalue weighted by Crippen LogP contribution is 2.10. The molecule has 19 heavy (non-hydrogen) atoms. The van der Waals surface area contributed by atoms with Crippen molar-refractivity contribution in [1.82, 2.24) is 20.3 Å². The molecule has 0 saturated carbocycles. The molecule has 3 aromatic rings. The number of fused-ring (bicyclic) bond motifs is 1. The van der Waals surface area contributed by atoms with E-state index in [9.17, 15) is 4.79 Å². The maximum absolute atomic E-state index is 11.8. The Labute approximate surface area is 108 Å². The van der Waals surface area contributed by atoms with Gasteiger partial charge in [0.05, 0.1) is 23.3 Å². The van der Waals surface area contributed by atoms with Crippen molar-refractivity contribution in [3.8, 4) is 0 Å². The van der Waals surface area contributed by atoms with Crippen LogP contribution >= 0.6 is 0 Å². The van der Waals surface area contributed by atoms with Gasteiger partial charge in [0.25, 0.3) is 5.91 Å². The molecule has 0 aliphatic rings. The van der Waals surface area contributed by atoms with E-state index in [2.05, 4.69) is 20.3 Å². The van der Waals surface area contributed by atoms with Gasteiger partial charge in [0.15, 0.2) is 6.39 Å². The first-order valence-corrected chi connectivity index (χ1v) is 5.86. The lowest BCUT2D eigenvalue weighted by Crippen LogP contribution is -2.23. The minimum Gasteiger partial charge on any atom is -0.438 e. The number of carbonyl (C=O) groups is 1. The van der Waals surface area contributed by atoms with Crippen molar-refractivity contribution in [3.05, 3.63) is 47.9 Å². The van der Waals surface area contributed by atoms with Crippen molar-refractivity contribution in [2.75, 3.05) is 0 Å². The average molecular weight is 256 g/mol. The van der Waals surface area contributed by atoms with Crippen molar-refractivity contribution >= 4 is 16.9 Å². The van der Waals surface area contributed by atoms with Gasteiger partial charge in [0, 0.05) is 0 Å². The lowest BCUT2D eigenvalue weighted by Gasteiger charge is -2.00. The number of amides is 1. The summed E-state index contributed by atoms with van der Waals surface area (Å²) in [6, 6.07) is 7.70. The second kappa shape index (κ2) is 4.56. The van der Waals surface area contributed by atoms with Crippen LogP contribution in [0.3, 0.4) is 0 Å². The van der Waals surface area contributed by atoms with Crippen molar-refractivity contribution in [2.45, 2.75) is 13.5 Å². The Balaban J connectivity index is 1.72. The number of aryl methyl sites for hydroxylation is 1. The number of carbonyl (C=O) groups excluding carboxylic acids is 1. The summed E-state index contributed by atoms with van der Waals surface area (Å²) in [6.45, 7) is 2.03. The zero-order valence-corrected chi connectivity index (χ0v) is 10.3. The van der Waals surface area contributed by atoms with Crippen LogP contribution < -0.4 is 5.32 Å². The highest BCUT2D eigenvalue weighted by molar-refractivity contribution is 5.92. The highest BCUT2D eigenvalue weighted by atomic mass is 16.3. The molecule has 0 saturated heterocycles. The maximum atomic E-state index is 11.8. The van der Waals surface area contributed by atoms with Crippen LogP contribution in [-0.2, 0) is 6.54 Å². The van der Waals surface area contributed by atoms with E-state index in [-0.39, 0.29) is 11.7 Å². The summed E-state index contributed by atoms with van der Waals surface area (Å²) >= 11 is 0. The summed E-state index contributed by atoms with van der Waals surface area (Å²) < 4.78 is 5.02. The number of oxazole rings is 1. The minimum atomic E-state index is -0.296. The van der Waals surface area contributed by atoms with Crippen LogP contribution in [0, 0.1) is 6.92 Å². The van der Waals surface area contributed by atoms with Gasteiger partial charge >= 0.3 is 0 Å². The van der Waals surface area contributed by atoms with E-state index in [1.54, 1.807) is 6.92 Å². The van der Waals surface area contributed by atoms with E-state index in [1.807, 2.05) is 24.3 Å². The molecule has 6 heteroatoms. The lowest BCUT2D eigenvalue weighted by molar-refractivity contribution is 0.0921. The van der Waals surface area contributed by atoms with Gasteiger partial charge in [0.2, 0.25) is 5.76 Å². The monoisotopic (exact) mass is 256 g/mol. The molecule has 0 aliphatic carbocycles. The first-order chi connectivity index (χ1) is 9.24. The fourth-order valence-corrected chi connectivity index (χ4v) is 1.85. The maximum Gasteiger partial charge on any atom is 0.289 e. The molecule has 0 radical (unpaired) electrons. The van der Waals surface area contributed by atoms with Gasteiger partial charge in [-0.1, -0.05) is 12.1 Å². The largest absolute Gasteiger partial charge is 0.438 e. The Hall–Kier alpha value is -2.63. The number of para-hydroxylation sites is 2. The quantitative estimate of drug-likeness (QED) is 0.748. The molecule has 6 nitrogen and oxygen atoms in total. The van der Waals surface area contributed by atoms with Crippen LogP contribution in [0.2, 0.25) is 0 Å². The van der Waals surface area contributed by atoms with Gasteiger partial charge in [-0.25, -0.2) is 9.97 Å². The van der Waals surface area contributed by atoms with Gasteiger partial charge in [0.1, 0.15) is 5.82 Å². The van der Waals surface area contributed by atoms with E-state index in [4.69, 9.17) is 4.42 Å². The van der Waals surface area contributed by atoms with Crippen LogP contribution in [0.5, 0.6) is 0 Å². The summed E-state index contributed by atoms with van der Waals surface area (Å²) in [6.07, 6.45) is 1.26. The molecular weight excluding hydrogens is 244 g/mol. The van der Waals surface area contributed by atoms with Gasteiger partial charge in [-0.2, -0.15) is 0 Å². The van der Waals surface area contributed by atoms with E-state index in [1.165, 1.54) is 6.39 Å². The van der Waals surface area contributed by atoms with Gasteiger partial charge < -0.3 is 14.7 Å². The molecule has 2 N–H and O–H groups in total. The Morgan fingerprint density at radius 2 is 2.26 bits per heavy atom. The third-order valence-corrected chi connectivity index (χ3v) is 2.81. The molecule has 0 spiro atoms. The third-order valence-electron chi connectivity index (χ3n) is 2.81. The zero-order chi connectivity index (χ0) is 13.2. The van der Waals surface area contributed by atoms with Crippen LogP contribution in [0.25, 0.3) is 11.0 Å². The molecule has 3 rings (SSSR count). The SMILES string of the molecule is Cc1ncoc1C(=O)NCc1nc2ccccc2[nH]1. The van der Waals surface area contributed by atoms with Crippen molar-refractivity contribution in [2.24, 2.45) is 0 Å². The van der Waals surface area contributed by atoms with Crippen molar-refractivity contribution in [3.63, 3.8) is 0 Å². The molecular formula is C13H12N4O2. The lowest BCUT2D eigenvalue weighted by atomic mass is 10.3. The fraction of sp³-hybridized carbons (Fsp3) is 0.154. The van der Waals surface area contributed by atoms with Crippen LogP contribution in [0.4, 0.5) is 0 Å². The van der Waals surface area contributed by atoms with E-state index >= 15 is 0 Å². The number of hydrogen-bond acceptors (Lipinski definition) is 4. The molecule has 1 amide bonds. The van der Waals surface area contributed by atoms with Gasteiger partial charge in [-0.05, 0) is 19.1 Å². The predicted molar refractivity (Wildman–Crippen MR) is 68.5 cm³/mol. The Morgan fingerprint density at radius 3 is 3.00 bits per heavy atom. The summed E-state index contributed by atoms with van der Waals surface area (Å²) in [4.78, 5) is 23.2. The molecule has 0 fully saturated rings. The number of hydrogen-bond donors (Lipinski definition) is 2. The van der Waals surface area contributed by atoms with Crippen LogP contribution in [0.1, 0.15) is 22.1 Å². The number of aromatic amines is 1. The molecule has 0 aliphatic heterocycles. The van der Waals surface area contributed by atoms with E-state index in [0.29, 0.717) is 18.1 Å². The number of benzene rings is 1. The molecule has 0 atom stereocenters. The smallest absolute Gasteiger partial charge is 0.289 e. The first kappa shape index (κ1) is 11.5. The predicted octanol–water partition coefficient (Wildman–Crippen LogP) is 1.79.